The lowest BCUT2D eigenvalue weighted by Gasteiger charge is -2.06. The fraction of sp³-hybridized carbons (Fsp3) is 0.438. The normalized spacial score (nSPS) is 11.2. The zero-order valence-electron chi connectivity index (χ0n) is 12.1. The van der Waals surface area contributed by atoms with Gasteiger partial charge in [0.2, 0.25) is 0 Å². The van der Waals surface area contributed by atoms with E-state index in [1.807, 2.05) is 23.7 Å². The van der Waals surface area contributed by atoms with Crippen LogP contribution >= 0.6 is 0 Å². The van der Waals surface area contributed by atoms with Gasteiger partial charge in [-0.05, 0) is 37.8 Å². The highest BCUT2D eigenvalue weighted by atomic mass is 16.3. The lowest BCUT2D eigenvalue weighted by Crippen LogP contribution is -2.02. The van der Waals surface area contributed by atoms with Gasteiger partial charge in [-0.15, -0.1) is 0 Å². The Morgan fingerprint density at radius 1 is 1.21 bits per heavy atom. The molecule has 1 heterocycles. The summed E-state index contributed by atoms with van der Waals surface area (Å²) in [6.45, 7) is 8.38. The van der Waals surface area contributed by atoms with Crippen molar-refractivity contribution in [2.45, 2.75) is 40.5 Å². The van der Waals surface area contributed by atoms with Crippen LogP contribution in [0.3, 0.4) is 0 Å². The van der Waals surface area contributed by atoms with E-state index in [1.165, 1.54) is 5.56 Å². The smallest absolute Gasteiger partial charge is 0.160 e. The lowest BCUT2D eigenvalue weighted by atomic mass is 10.1. The van der Waals surface area contributed by atoms with Gasteiger partial charge in [0, 0.05) is 0 Å². The molecule has 3 nitrogen and oxygen atoms in total. The molecule has 0 aliphatic rings. The molecule has 0 unspecified atom stereocenters. The summed E-state index contributed by atoms with van der Waals surface area (Å²) in [7, 11) is 0. The number of aromatic hydroxyl groups is 1. The molecular weight excluding hydrogens is 236 g/mol. The minimum atomic E-state index is 0.358. The second-order valence-electron chi connectivity index (χ2n) is 5.44. The topological polar surface area (TPSA) is 38.1 Å². The van der Waals surface area contributed by atoms with Crippen LogP contribution in [0.15, 0.2) is 24.3 Å². The monoisotopic (exact) mass is 258 g/mol. The second kappa shape index (κ2) is 5.47. The van der Waals surface area contributed by atoms with Gasteiger partial charge in [0.25, 0.3) is 0 Å². The van der Waals surface area contributed by atoms with Gasteiger partial charge in [0.15, 0.2) is 5.75 Å². The molecular formula is C16H22N2O. The molecule has 0 amide bonds. The number of hydrogen-bond acceptors (Lipinski definition) is 2. The summed E-state index contributed by atoms with van der Waals surface area (Å²) >= 11 is 0. The van der Waals surface area contributed by atoms with Crippen LogP contribution in [0.1, 0.15) is 37.7 Å². The fourth-order valence-corrected chi connectivity index (χ4v) is 2.24. The number of rotatable bonds is 4. The van der Waals surface area contributed by atoms with Crippen LogP contribution in [-0.2, 0) is 12.8 Å². The van der Waals surface area contributed by atoms with Crippen LogP contribution in [-0.4, -0.2) is 14.9 Å². The molecule has 0 aliphatic carbocycles. The van der Waals surface area contributed by atoms with E-state index >= 15 is 0 Å². The molecule has 0 fully saturated rings. The largest absolute Gasteiger partial charge is 0.504 e. The zero-order valence-corrected chi connectivity index (χ0v) is 12.1. The average Bonchev–Trinajstić information content (AvgIpc) is 2.66. The van der Waals surface area contributed by atoms with Gasteiger partial charge in [-0.3, -0.25) is 0 Å². The van der Waals surface area contributed by atoms with Crippen molar-refractivity contribution >= 4 is 0 Å². The van der Waals surface area contributed by atoms with Gasteiger partial charge in [0.05, 0.1) is 11.4 Å². The molecule has 2 aromatic rings. The Balaban J connectivity index is 2.47. The maximum atomic E-state index is 10.3. The summed E-state index contributed by atoms with van der Waals surface area (Å²) in [5, 5.41) is 14.9. The molecule has 0 bridgehead atoms. The van der Waals surface area contributed by atoms with Crippen LogP contribution in [0, 0.1) is 12.8 Å². The van der Waals surface area contributed by atoms with Crippen molar-refractivity contribution in [3.05, 3.63) is 41.2 Å². The zero-order chi connectivity index (χ0) is 14.0. The highest BCUT2D eigenvalue weighted by Gasteiger charge is 2.17. The summed E-state index contributed by atoms with van der Waals surface area (Å²) in [5.41, 5.74) is 3.92. The van der Waals surface area contributed by atoms with Crippen LogP contribution in [0.25, 0.3) is 5.69 Å². The molecule has 0 aliphatic heterocycles. The summed E-state index contributed by atoms with van der Waals surface area (Å²) in [6.07, 6.45) is 1.57. The number of aromatic nitrogens is 2. The summed E-state index contributed by atoms with van der Waals surface area (Å²) in [6, 6.07) is 8.21. The van der Waals surface area contributed by atoms with E-state index in [2.05, 4.69) is 38.0 Å². The van der Waals surface area contributed by atoms with E-state index in [0.29, 0.717) is 11.7 Å². The SMILES string of the molecule is CCc1c(O)c(CC(C)C)nn1-c1ccc(C)cc1. The Morgan fingerprint density at radius 2 is 1.84 bits per heavy atom. The van der Waals surface area contributed by atoms with Gasteiger partial charge in [0.1, 0.15) is 5.69 Å². The van der Waals surface area contributed by atoms with Crippen molar-refractivity contribution in [2.75, 3.05) is 0 Å². The molecule has 1 aromatic carbocycles. The Morgan fingerprint density at radius 3 is 2.37 bits per heavy atom. The van der Waals surface area contributed by atoms with E-state index < -0.39 is 0 Å². The first-order valence-electron chi connectivity index (χ1n) is 6.89. The first-order valence-corrected chi connectivity index (χ1v) is 6.89. The lowest BCUT2D eigenvalue weighted by molar-refractivity contribution is 0.456. The molecule has 1 N–H and O–H groups in total. The van der Waals surface area contributed by atoms with E-state index in [1.54, 1.807) is 0 Å². The number of benzene rings is 1. The van der Waals surface area contributed by atoms with Crippen LogP contribution in [0.2, 0.25) is 0 Å². The molecule has 2 rings (SSSR count). The van der Waals surface area contributed by atoms with Crippen LogP contribution < -0.4 is 0 Å². The van der Waals surface area contributed by atoms with Crippen molar-refractivity contribution in [3.8, 4) is 11.4 Å². The fourth-order valence-electron chi connectivity index (χ4n) is 2.24. The standard InChI is InChI=1S/C16H22N2O/c1-5-15-16(19)14(10-11(2)3)17-18(15)13-8-6-12(4)7-9-13/h6-9,11,19H,5,10H2,1-4H3. The maximum Gasteiger partial charge on any atom is 0.160 e. The Labute approximate surface area is 114 Å². The second-order valence-corrected chi connectivity index (χ2v) is 5.44. The van der Waals surface area contributed by atoms with Gasteiger partial charge in [-0.2, -0.15) is 5.10 Å². The van der Waals surface area contributed by atoms with Crippen molar-refractivity contribution in [1.29, 1.82) is 0 Å². The quantitative estimate of drug-likeness (QED) is 0.909. The Bertz CT molecular complexity index is 553. The van der Waals surface area contributed by atoms with Crippen LogP contribution in [0.4, 0.5) is 0 Å². The maximum absolute atomic E-state index is 10.3. The third-order valence-corrected chi connectivity index (χ3v) is 3.24. The minimum Gasteiger partial charge on any atom is -0.504 e. The summed E-state index contributed by atoms with van der Waals surface area (Å²) in [5.74, 6) is 0.841. The molecule has 3 heteroatoms. The third kappa shape index (κ3) is 2.80. The van der Waals surface area contributed by atoms with E-state index in [0.717, 1.165) is 29.9 Å². The van der Waals surface area contributed by atoms with Gasteiger partial charge >= 0.3 is 0 Å². The van der Waals surface area contributed by atoms with Crippen molar-refractivity contribution < 1.29 is 5.11 Å². The average molecular weight is 258 g/mol. The van der Waals surface area contributed by atoms with E-state index in [4.69, 9.17) is 0 Å². The Kier molecular flexibility index (Phi) is 3.93. The van der Waals surface area contributed by atoms with Crippen LogP contribution in [0.5, 0.6) is 5.75 Å². The highest BCUT2D eigenvalue weighted by Crippen LogP contribution is 2.27. The molecule has 0 saturated heterocycles. The van der Waals surface area contributed by atoms with Crippen molar-refractivity contribution in [3.63, 3.8) is 0 Å². The molecule has 102 valence electrons. The van der Waals surface area contributed by atoms with Crippen molar-refractivity contribution in [2.24, 2.45) is 5.92 Å². The molecule has 1 aromatic heterocycles. The molecule has 0 atom stereocenters. The molecule has 0 radical (unpaired) electrons. The summed E-state index contributed by atoms with van der Waals surface area (Å²) < 4.78 is 1.87. The van der Waals surface area contributed by atoms with Crippen molar-refractivity contribution in [1.82, 2.24) is 9.78 Å². The predicted octanol–water partition coefficient (Wildman–Crippen LogP) is 3.65. The summed E-state index contributed by atoms with van der Waals surface area (Å²) in [4.78, 5) is 0. The number of nitrogens with zero attached hydrogens (tertiary/aromatic N) is 2. The van der Waals surface area contributed by atoms with Gasteiger partial charge in [-0.1, -0.05) is 38.5 Å². The predicted molar refractivity (Wildman–Crippen MR) is 77.9 cm³/mol. The number of hydrogen-bond donors (Lipinski definition) is 1. The molecule has 0 spiro atoms. The molecule has 19 heavy (non-hydrogen) atoms. The highest BCUT2D eigenvalue weighted by molar-refractivity contribution is 5.41. The Hall–Kier alpha value is -1.77. The van der Waals surface area contributed by atoms with E-state index in [9.17, 15) is 5.11 Å². The molecule has 0 saturated carbocycles. The van der Waals surface area contributed by atoms with E-state index in [-0.39, 0.29) is 0 Å². The first-order chi connectivity index (χ1) is 9.02. The van der Waals surface area contributed by atoms with Gasteiger partial charge < -0.3 is 5.11 Å². The van der Waals surface area contributed by atoms with Gasteiger partial charge in [-0.25, -0.2) is 4.68 Å². The minimum absolute atomic E-state index is 0.358. The first kappa shape index (κ1) is 13.7. The number of aryl methyl sites for hydroxylation is 1. The third-order valence-electron chi connectivity index (χ3n) is 3.24.